The predicted octanol–water partition coefficient (Wildman–Crippen LogP) is 5.72. The molecule has 0 aliphatic carbocycles. The van der Waals surface area contributed by atoms with Gasteiger partial charge in [0.1, 0.15) is 0 Å². The third kappa shape index (κ3) is 4.70. The van der Waals surface area contributed by atoms with E-state index in [1.54, 1.807) is 23.9 Å². The standard InChI is InChI=1S/C20H21ClN2OS.BrH/c1-14-7-5-10-18(15(14)2)23(20-22-11-6-12-25-20)13-19(24)16-8-3-4-9-17(16)21;/h3-5,7-10H,6,11-13H2,1-2H3;1H. The summed E-state index contributed by atoms with van der Waals surface area (Å²) in [6, 6.07) is 13.4. The van der Waals surface area contributed by atoms with Crippen LogP contribution >= 0.6 is 40.3 Å². The van der Waals surface area contributed by atoms with Crippen LogP contribution in [0.5, 0.6) is 0 Å². The summed E-state index contributed by atoms with van der Waals surface area (Å²) in [5.74, 6) is 1.03. The summed E-state index contributed by atoms with van der Waals surface area (Å²) in [6.07, 6.45) is 1.08. The van der Waals surface area contributed by atoms with Gasteiger partial charge in [0.15, 0.2) is 11.0 Å². The lowest BCUT2D eigenvalue weighted by Crippen LogP contribution is -2.36. The lowest BCUT2D eigenvalue weighted by atomic mass is 10.1. The zero-order valence-electron chi connectivity index (χ0n) is 14.9. The Morgan fingerprint density at radius 1 is 1.19 bits per heavy atom. The first-order valence-corrected chi connectivity index (χ1v) is 9.73. The first kappa shape index (κ1) is 21.0. The average molecular weight is 454 g/mol. The molecule has 0 spiro atoms. The minimum Gasteiger partial charge on any atom is -0.313 e. The Labute approximate surface area is 174 Å². The first-order valence-electron chi connectivity index (χ1n) is 8.36. The van der Waals surface area contributed by atoms with Crippen LogP contribution in [0, 0.1) is 13.8 Å². The highest BCUT2D eigenvalue weighted by molar-refractivity contribution is 8.93. The number of aliphatic imine (C=N–C) groups is 1. The zero-order valence-corrected chi connectivity index (χ0v) is 18.2. The number of halogens is 2. The van der Waals surface area contributed by atoms with Crippen LogP contribution in [0.2, 0.25) is 5.02 Å². The second-order valence-corrected chi connectivity index (χ2v) is 7.54. The molecule has 0 saturated heterocycles. The van der Waals surface area contributed by atoms with E-state index in [0.717, 1.165) is 29.6 Å². The molecule has 1 heterocycles. The van der Waals surface area contributed by atoms with Crippen molar-refractivity contribution >= 4 is 57.0 Å². The van der Waals surface area contributed by atoms with Crippen LogP contribution < -0.4 is 4.90 Å². The van der Waals surface area contributed by atoms with E-state index >= 15 is 0 Å². The molecule has 6 heteroatoms. The van der Waals surface area contributed by atoms with Crippen molar-refractivity contribution in [2.24, 2.45) is 4.99 Å². The molecule has 2 aromatic rings. The topological polar surface area (TPSA) is 32.7 Å². The van der Waals surface area contributed by atoms with E-state index in [0.29, 0.717) is 10.6 Å². The molecular weight excluding hydrogens is 432 g/mol. The van der Waals surface area contributed by atoms with E-state index in [9.17, 15) is 4.79 Å². The number of carbonyl (C=O) groups excluding carboxylic acids is 1. The molecule has 3 rings (SSSR count). The van der Waals surface area contributed by atoms with Gasteiger partial charge in [-0.15, -0.1) is 17.0 Å². The van der Waals surface area contributed by atoms with E-state index in [2.05, 4.69) is 31.0 Å². The number of hydrogen-bond donors (Lipinski definition) is 0. The molecule has 0 amide bonds. The van der Waals surface area contributed by atoms with Crippen LogP contribution in [-0.2, 0) is 0 Å². The van der Waals surface area contributed by atoms with Gasteiger partial charge in [0.2, 0.25) is 0 Å². The maximum absolute atomic E-state index is 12.9. The van der Waals surface area contributed by atoms with Gasteiger partial charge in [-0.1, -0.05) is 47.6 Å². The maximum Gasteiger partial charge on any atom is 0.184 e. The van der Waals surface area contributed by atoms with Crippen LogP contribution in [0.1, 0.15) is 27.9 Å². The summed E-state index contributed by atoms with van der Waals surface area (Å²) in [6.45, 7) is 5.22. The second-order valence-electron chi connectivity index (χ2n) is 6.07. The summed E-state index contributed by atoms with van der Waals surface area (Å²) in [5.41, 5.74) is 3.96. The molecule has 3 nitrogen and oxygen atoms in total. The van der Waals surface area contributed by atoms with E-state index in [1.165, 1.54) is 11.1 Å². The highest BCUT2D eigenvalue weighted by Crippen LogP contribution is 2.28. The minimum atomic E-state index is 0. The SMILES string of the molecule is Br.Cc1cccc(N(CC(=O)c2ccccc2Cl)C2=NCCCS2)c1C. The van der Waals surface area contributed by atoms with Gasteiger partial charge in [0.05, 0.1) is 11.6 Å². The molecule has 0 unspecified atom stereocenters. The van der Waals surface area contributed by atoms with Crippen molar-refractivity contribution in [3.8, 4) is 0 Å². The van der Waals surface area contributed by atoms with E-state index in [-0.39, 0.29) is 29.3 Å². The molecular formula is C20H22BrClN2OS. The third-order valence-corrected chi connectivity index (χ3v) is 5.78. The number of hydrogen-bond acceptors (Lipinski definition) is 4. The first-order chi connectivity index (χ1) is 12.1. The minimum absolute atomic E-state index is 0. The van der Waals surface area contributed by atoms with E-state index in [4.69, 9.17) is 11.6 Å². The van der Waals surface area contributed by atoms with Crippen molar-refractivity contribution < 1.29 is 4.79 Å². The molecule has 0 radical (unpaired) electrons. The van der Waals surface area contributed by atoms with Gasteiger partial charge < -0.3 is 4.90 Å². The molecule has 1 aliphatic heterocycles. The quantitative estimate of drug-likeness (QED) is 0.555. The van der Waals surface area contributed by atoms with Gasteiger partial charge in [-0.25, -0.2) is 0 Å². The maximum atomic E-state index is 12.9. The number of rotatable bonds is 4. The van der Waals surface area contributed by atoms with Crippen molar-refractivity contribution in [1.29, 1.82) is 0 Å². The Morgan fingerprint density at radius 2 is 1.96 bits per heavy atom. The number of nitrogens with zero attached hydrogens (tertiary/aromatic N) is 2. The Balaban J connectivity index is 0.00000243. The second kappa shape index (κ2) is 9.58. The van der Waals surface area contributed by atoms with Crippen molar-refractivity contribution in [2.75, 3.05) is 23.7 Å². The van der Waals surface area contributed by atoms with Crippen molar-refractivity contribution in [3.63, 3.8) is 0 Å². The van der Waals surface area contributed by atoms with Gasteiger partial charge >= 0.3 is 0 Å². The third-order valence-electron chi connectivity index (χ3n) is 4.35. The van der Waals surface area contributed by atoms with Gasteiger partial charge in [-0.3, -0.25) is 9.79 Å². The van der Waals surface area contributed by atoms with Gasteiger partial charge in [0, 0.05) is 23.5 Å². The molecule has 0 N–H and O–H groups in total. The van der Waals surface area contributed by atoms with Crippen LogP contribution in [-0.4, -0.2) is 29.8 Å². The summed E-state index contributed by atoms with van der Waals surface area (Å²) in [7, 11) is 0. The molecule has 138 valence electrons. The Morgan fingerprint density at radius 3 is 2.65 bits per heavy atom. The normalized spacial score (nSPS) is 13.6. The Kier molecular flexibility index (Phi) is 7.74. The fraction of sp³-hybridized carbons (Fsp3) is 0.300. The van der Waals surface area contributed by atoms with Crippen molar-refractivity contribution in [2.45, 2.75) is 20.3 Å². The highest BCUT2D eigenvalue weighted by Gasteiger charge is 2.23. The molecule has 0 aromatic heterocycles. The van der Waals surface area contributed by atoms with Gasteiger partial charge in [-0.2, -0.15) is 0 Å². The van der Waals surface area contributed by atoms with E-state index < -0.39 is 0 Å². The van der Waals surface area contributed by atoms with Gasteiger partial charge in [-0.05, 0) is 49.6 Å². The number of anilines is 1. The number of thioether (sulfide) groups is 1. The van der Waals surface area contributed by atoms with Crippen molar-refractivity contribution in [3.05, 3.63) is 64.2 Å². The fourth-order valence-corrected chi connectivity index (χ4v) is 4.01. The fourth-order valence-electron chi connectivity index (χ4n) is 2.81. The Bertz CT molecular complexity index is 825. The molecule has 0 saturated carbocycles. The van der Waals surface area contributed by atoms with Crippen LogP contribution in [0.3, 0.4) is 0 Å². The van der Waals surface area contributed by atoms with Gasteiger partial charge in [0.25, 0.3) is 0 Å². The summed E-state index contributed by atoms with van der Waals surface area (Å²) in [5, 5.41) is 1.41. The number of benzene rings is 2. The molecule has 1 aliphatic rings. The van der Waals surface area contributed by atoms with Crippen molar-refractivity contribution in [1.82, 2.24) is 0 Å². The smallest absolute Gasteiger partial charge is 0.184 e. The molecule has 0 atom stereocenters. The lowest BCUT2D eigenvalue weighted by Gasteiger charge is -2.29. The van der Waals surface area contributed by atoms with Crippen LogP contribution in [0.15, 0.2) is 47.5 Å². The number of ketones is 1. The highest BCUT2D eigenvalue weighted by atomic mass is 79.9. The number of amidine groups is 1. The largest absolute Gasteiger partial charge is 0.313 e. The summed E-state index contributed by atoms with van der Waals surface area (Å²) >= 11 is 7.93. The summed E-state index contributed by atoms with van der Waals surface area (Å²) < 4.78 is 0. The average Bonchev–Trinajstić information content (AvgIpc) is 2.63. The molecule has 0 bridgehead atoms. The number of carbonyl (C=O) groups is 1. The number of Topliss-reactive ketones (excluding diaryl/α,β-unsaturated/α-hetero) is 1. The molecule has 0 fully saturated rings. The predicted molar refractivity (Wildman–Crippen MR) is 119 cm³/mol. The molecule has 2 aromatic carbocycles. The summed E-state index contributed by atoms with van der Waals surface area (Å²) in [4.78, 5) is 19.6. The van der Waals surface area contributed by atoms with Crippen LogP contribution in [0.4, 0.5) is 5.69 Å². The zero-order chi connectivity index (χ0) is 17.8. The lowest BCUT2D eigenvalue weighted by molar-refractivity contribution is 0.100. The van der Waals surface area contributed by atoms with Crippen LogP contribution in [0.25, 0.3) is 0 Å². The number of aryl methyl sites for hydroxylation is 1. The van der Waals surface area contributed by atoms with E-state index in [1.807, 2.05) is 23.1 Å². The Hall–Kier alpha value is -1.30. The molecule has 26 heavy (non-hydrogen) atoms. The monoisotopic (exact) mass is 452 g/mol.